The smallest absolute Gasteiger partial charge is 0.254 e. The first-order valence-corrected chi connectivity index (χ1v) is 5.61. The van der Waals surface area contributed by atoms with Crippen molar-refractivity contribution in [2.24, 2.45) is 0 Å². The van der Waals surface area contributed by atoms with Crippen LogP contribution in [-0.4, -0.2) is 22.7 Å². The maximum atomic E-state index is 12.1. The molecule has 0 aromatic heterocycles. The molecule has 1 atom stereocenters. The molecule has 0 fully saturated rings. The normalized spacial score (nSPS) is 13.2. The molecule has 0 heterocycles. The summed E-state index contributed by atoms with van der Waals surface area (Å²) in [6.07, 6.45) is -0.642. The van der Waals surface area contributed by atoms with Gasteiger partial charge in [0.05, 0.1) is 17.2 Å². The van der Waals surface area contributed by atoms with Crippen LogP contribution in [0.1, 0.15) is 36.7 Å². The van der Waals surface area contributed by atoms with Crippen LogP contribution < -0.4 is 11.1 Å². The molecule has 1 unspecified atom stereocenters. The molecule has 0 aliphatic rings. The van der Waals surface area contributed by atoms with Gasteiger partial charge in [-0.05, 0) is 39.3 Å². The fourth-order valence-corrected chi connectivity index (χ4v) is 1.46. The number of rotatable bonds is 3. The second-order valence-electron chi connectivity index (χ2n) is 4.89. The van der Waals surface area contributed by atoms with Gasteiger partial charge in [-0.25, -0.2) is 0 Å². The Morgan fingerprint density at radius 3 is 2.53 bits per heavy atom. The number of aliphatic hydroxyl groups excluding tert-OH is 1. The van der Waals surface area contributed by atoms with Gasteiger partial charge in [0.25, 0.3) is 5.91 Å². The van der Waals surface area contributed by atoms with Gasteiger partial charge >= 0.3 is 0 Å². The molecule has 0 saturated carbocycles. The lowest BCUT2D eigenvalue weighted by atomic mass is 9.97. The molecule has 0 saturated heterocycles. The Balaban J connectivity index is 2.99. The molecule has 4 N–H and O–H groups in total. The van der Waals surface area contributed by atoms with Gasteiger partial charge in [-0.3, -0.25) is 4.79 Å². The first-order valence-electron chi connectivity index (χ1n) is 5.61. The van der Waals surface area contributed by atoms with Crippen molar-refractivity contribution in [3.05, 3.63) is 29.3 Å². The molecule has 4 nitrogen and oxygen atoms in total. The van der Waals surface area contributed by atoms with Crippen LogP contribution in [0, 0.1) is 6.92 Å². The fourth-order valence-electron chi connectivity index (χ4n) is 1.46. The van der Waals surface area contributed by atoms with Crippen LogP contribution >= 0.6 is 0 Å². The summed E-state index contributed by atoms with van der Waals surface area (Å²) in [4.78, 5) is 12.1. The quantitative estimate of drug-likeness (QED) is 0.696. The van der Waals surface area contributed by atoms with E-state index in [2.05, 4.69) is 5.32 Å². The van der Waals surface area contributed by atoms with Crippen molar-refractivity contribution in [2.75, 3.05) is 5.73 Å². The van der Waals surface area contributed by atoms with Crippen LogP contribution in [0.25, 0.3) is 0 Å². The first-order chi connectivity index (χ1) is 7.75. The van der Waals surface area contributed by atoms with E-state index in [0.29, 0.717) is 11.3 Å². The highest BCUT2D eigenvalue weighted by molar-refractivity contribution is 6.00. The zero-order valence-electron chi connectivity index (χ0n) is 10.7. The van der Waals surface area contributed by atoms with Crippen LogP contribution in [0.3, 0.4) is 0 Å². The molecule has 1 aromatic carbocycles. The number of nitrogens with one attached hydrogen (secondary N) is 1. The summed E-state index contributed by atoms with van der Waals surface area (Å²) >= 11 is 0. The second-order valence-corrected chi connectivity index (χ2v) is 4.89. The number of aryl methyl sites for hydroxylation is 1. The number of nitrogen functional groups attached to an aromatic ring is 1. The van der Waals surface area contributed by atoms with Gasteiger partial charge in [-0.15, -0.1) is 0 Å². The van der Waals surface area contributed by atoms with Gasteiger partial charge < -0.3 is 16.2 Å². The van der Waals surface area contributed by atoms with Crippen LogP contribution in [0.5, 0.6) is 0 Å². The topological polar surface area (TPSA) is 75.4 Å². The second kappa shape index (κ2) is 4.75. The Hall–Kier alpha value is -1.55. The first kappa shape index (κ1) is 13.5. The minimum atomic E-state index is -0.689. The van der Waals surface area contributed by atoms with E-state index in [1.165, 1.54) is 0 Å². The number of benzene rings is 1. The molecule has 0 radical (unpaired) electrons. The van der Waals surface area contributed by atoms with E-state index in [1.54, 1.807) is 32.9 Å². The van der Waals surface area contributed by atoms with Crippen molar-refractivity contribution in [2.45, 2.75) is 39.3 Å². The van der Waals surface area contributed by atoms with Gasteiger partial charge in [-0.2, -0.15) is 0 Å². The molecule has 0 bridgehead atoms. The predicted molar refractivity (Wildman–Crippen MR) is 68.8 cm³/mol. The highest BCUT2D eigenvalue weighted by Crippen LogP contribution is 2.18. The lowest BCUT2D eigenvalue weighted by Crippen LogP contribution is -2.51. The molecule has 0 aliphatic heterocycles. The Morgan fingerprint density at radius 1 is 1.47 bits per heavy atom. The minimum absolute atomic E-state index is 0.258. The van der Waals surface area contributed by atoms with E-state index in [1.807, 2.05) is 13.0 Å². The average molecular weight is 236 g/mol. The number of hydrogen-bond donors (Lipinski definition) is 3. The number of amides is 1. The lowest BCUT2D eigenvalue weighted by Gasteiger charge is -2.29. The number of aliphatic hydroxyl groups is 1. The molecule has 4 heteroatoms. The summed E-state index contributed by atoms with van der Waals surface area (Å²) in [6, 6.07) is 5.33. The van der Waals surface area contributed by atoms with Crippen molar-refractivity contribution in [1.82, 2.24) is 5.32 Å². The third kappa shape index (κ3) is 2.97. The van der Waals surface area contributed by atoms with Crippen molar-refractivity contribution in [1.29, 1.82) is 0 Å². The SMILES string of the molecule is Cc1cccc(N)c1C(=O)NC(C)(C)C(C)O. The molecule has 0 aliphatic carbocycles. The van der Waals surface area contributed by atoms with Crippen LogP contribution in [0.2, 0.25) is 0 Å². The Bertz CT molecular complexity index is 405. The summed E-state index contributed by atoms with van der Waals surface area (Å²) in [5, 5.41) is 12.4. The maximum Gasteiger partial charge on any atom is 0.254 e. The third-order valence-corrected chi connectivity index (χ3v) is 3.01. The van der Waals surface area contributed by atoms with E-state index < -0.39 is 11.6 Å². The number of nitrogens with two attached hydrogens (primary N) is 1. The molecule has 1 rings (SSSR count). The molecule has 17 heavy (non-hydrogen) atoms. The fraction of sp³-hybridized carbons (Fsp3) is 0.462. The van der Waals surface area contributed by atoms with Crippen LogP contribution in [0.15, 0.2) is 18.2 Å². The monoisotopic (exact) mass is 236 g/mol. The zero-order chi connectivity index (χ0) is 13.2. The summed E-state index contributed by atoms with van der Waals surface area (Å²) < 4.78 is 0. The lowest BCUT2D eigenvalue weighted by molar-refractivity contribution is 0.0709. The summed E-state index contributed by atoms with van der Waals surface area (Å²) in [7, 11) is 0. The highest BCUT2D eigenvalue weighted by Gasteiger charge is 2.27. The summed E-state index contributed by atoms with van der Waals surface area (Å²) in [5.74, 6) is -0.258. The van der Waals surface area contributed by atoms with Gasteiger partial charge in [0.15, 0.2) is 0 Å². The maximum absolute atomic E-state index is 12.1. The predicted octanol–water partition coefficient (Wildman–Crippen LogP) is 1.47. The van der Waals surface area contributed by atoms with Crippen molar-refractivity contribution >= 4 is 11.6 Å². The van der Waals surface area contributed by atoms with Gasteiger partial charge in [0.1, 0.15) is 0 Å². The highest BCUT2D eigenvalue weighted by atomic mass is 16.3. The number of anilines is 1. The van der Waals surface area contributed by atoms with E-state index >= 15 is 0 Å². The van der Waals surface area contributed by atoms with Crippen molar-refractivity contribution in [3.63, 3.8) is 0 Å². The molecule has 1 aromatic rings. The summed E-state index contributed by atoms with van der Waals surface area (Å²) in [5.41, 5.74) is 6.85. The van der Waals surface area contributed by atoms with E-state index in [4.69, 9.17) is 5.73 Å². The Kier molecular flexibility index (Phi) is 3.78. The average Bonchev–Trinajstić information content (AvgIpc) is 2.15. The zero-order valence-corrected chi connectivity index (χ0v) is 10.7. The number of hydrogen-bond acceptors (Lipinski definition) is 3. The van der Waals surface area contributed by atoms with Crippen LogP contribution in [0.4, 0.5) is 5.69 Å². The van der Waals surface area contributed by atoms with Gasteiger partial charge in [0, 0.05) is 5.69 Å². The van der Waals surface area contributed by atoms with Crippen LogP contribution in [-0.2, 0) is 0 Å². The Morgan fingerprint density at radius 2 is 2.06 bits per heavy atom. The van der Waals surface area contributed by atoms with E-state index in [9.17, 15) is 9.90 Å². The third-order valence-electron chi connectivity index (χ3n) is 3.01. The standard InChI is InChI=1S/C13H20N2O2/c1-8-6-5-7-10(14)11(8)12(17)15-13(3,4)9(2)16/h5-7,9,16H,14H2,1-4H3,(H,15,17). The largest absolute Gasteiger partial charge is 0.398 e. The van der Waals surface area contributed by atoms with E-state index in [0.717, 1.165) is 5.56 Å². The molecule has 1 amide bonds. The molecule has 94 valence electrons. The summed E-state index contributed by atoms with van der Waals surface area (Å²) in [6.45, 7) is 7.01. The van der Waals surface area contributed by atoms with Gasteiger partial charge in [-0.1, -0.05) is 12.1 Å². The number of carbonyl (C=O) groups is 1. The van der Waals surface area contributed by atoms with Crippen molar-refractivity contribution in [3.8, 4) is 0 Å². The van der Waals surface area contributed by atoms with E-state index in [-0.39, 0.29) is 5.91 Å². The van der Waals surface area contributed by atoms with Crippen molar-refractivity contribution < 1.29 is 9.90 Å². The minimum Gasteiger partial charge on any atom is -0.398 e. The molecule has 0 spiro atoms. The van der Waals surface area contributed by atoms with Gasteiger partial charge in [0.2, 0.25) is 0 Å². The Labute approximate surface area is 102 Å². The molecular formula is C13H20N2O2. The number of carbonyl (C=O) groups excluding carboxylic acids is 1. The molecular weight excluding hydrogens is 216 g/mol.